The topological polar surface area (TPSA) is 132 Å². The number of methoxy groups -OCH3 is 1. The Morgan fingerprint density at radius 2 is 1.66 bits per heavy atom. The summed E-state index contributed by atoms with van der Waals surface area (Å²) in [5.74, 6) is 0.516. The van der Waals surface area contributed by atoms with E-state index in [0.717, 1.165) is 0 Å². The summed E-state index contributed by atoms with van der Waals surface area (Å²) >= 11 is 0. The van der Waals surface area contributed by atoms with Crippen molar-refractivity contribution in [3.8, 4) is 17.2 Å². The fourth-order valence-corrected chi connectivity index (χ4v) is 4.47. The number of sulfonamides is 1. The third kappa shape index (κ3) is 5.64. The van der Waals surface area contributed by atoms with Crippen LogP contribution in [0.15, 0.2) is 65.6 Å². The van der Waals surface area contributed by atoms with Gasteiger partial charge in [0.2, 0.25) is 5.91 Å². The number of amides is 2. The lowest BCUT2D eigenvalue weighted by Crippen LogP contribution is -2.18. The summed E-state index contributed by atoms with van der Waals surface area (Å²) in [5.41, 5.74) is 1.26. The van der Waals surface area contributed by atoms with Crippen LogP contribution in [0, 0.1) is 0 Å². The number of ether oxygens (including phenoxy) is 3. The fraction of sp³-hybridized carbons (Fsp3) is 0.167. The molecule has 0 saturated heterocycles. The van der Waals surface area contributed by atoms with Crippen molar-refractivity contribution >= 4 is 38.9 Å². The Morgan fingerprint density at radius 1 is 0.886 bits per heavy atom. The van der Waals surface area contributed by atoms with E-state index in [2.05, 4.69) is 15.4 Å². The number of hydrogen-bond donors (Lipinski definition) is 3. The maximum absolute atomic E-state index is 12.9. The van der Waals surface area contributed by atoms with Gasteiger partial charge in [-0.15, -0.1) is 0 Å². The molecule has 182 valence electrons. The second kappa shape index (κ2) is 9.94. The molecular weight excluding hydrogens is 474 g/mol. The number of hydrogen-bond acceptors (Lipinski definition) is 7. The van der Waals surface area contributed by atoms with Crippen molar-refractivity contribution in [2.45, 2.75) is 11.8 Å². The second-order valence-electron chi connectivity index (χ2n) is 7.54. The molecule has 0 radical (unpaired) electrons. The molecule has 0 fully saturated rings. The van der Waals surface area contributed by atoms with Crippen LogP contribution in [-0.2, 0) is 14.8 Å². The lowest BCUT2D eigenvalue weighted by molar-refractivity contribution is -0.114. The van der Waals surface area contributed by atoms with Gasteiger partial charge in [0.1, 0.15) is 19.0 Å². The van der Waals surface area contributed by atoms with E-state index in [9.17, 15) is 18.0 Å². The van der Waals surface area contributed by atoms with Crippen molar-refractivity contribution in [2.75, 3.05) is 35.7 Å². The zero-order valence-corrected chi connectivity index (χ0v) is 19.8. The average Bonchev–Trinajstić information content (AvgIpc) is 2.83. The van der Waals surface area contributed by atoms with E-state index in [1.54, 1.807) is 30.3 Å². The molecule has 0 atom stereocenters. The summed E-state index contributed by atoms with van der Waals surface area (Å²) in [7, 11) is -2.48. The molecule has 2 amide bonds. The minimum atomic E-state index is -3.94. The van der Waals surface area contributed by atoms with E-state index in [4.69, 9.17) is 14.2 Å². The van der Waals surface area contributed by atoms with E-state index in [1.807, 2.05) is 0 Å². The highest BCUT2D eigenvalue weighted by Gasteiger charge is 2.20. The number of anilines is 3. The first-order valence-corrected chi connectivity index (χ1v) is 12.0. The van der Waals surface area contributed by atoms with Gasteiger partial charge in [0.15, 0.2) is 11.5 Å². The van der Waals surface area contributed by atoms with Gasteiger partial charge in [-0.25, -0.2) is 8.42 Å². The van der Waals surface area contributed by atoms with Crippen LogP contribution in [0.1, 0.15) is 17.3 Å². The Bertz CT molecular complexity index is 1390. The Kier molecular flexibility index (Phi) is 6.78. The average molecular weight is 498 g/mol. The monoisotopic (exact) mass is 497 g/mol. The highest BCUT2D eigenvalue weighted by molar-refractivity contribution is 7.92. The van der Waals surface area contributed by atoms with Gasteiger partial charge in [-0.1, -0.05) is 6.07 Å². The predicted molar refractivity (Wildman–Crippen MR) is 130 cm³/mol. The summed E-state index contributed by atoms with van der Waals surface area (Å²) < 4.78 is 44.4. The molecule has 3 aromatic carbocycles. The zero-order valence-electron chi connectivity index (χ0n) is 19.0. The minimum Gasteiger partial charge on any atom is -0.495 e. The van der Waals surface area contributed by atoms with Gasteiger partial charge in [0.25, 0.3) is 15.9 Å². The lowest BCUT2D eigenvalue weighted by Gasteiger charge is -2.19. The first kappa shape index (κ1) is 23.9. The lowest BCUT2D eigenvalue weighted by atomic mass is 10.2. The van der Waals surface area contributed by atoms with Crippen molar-refractivity contribution in [2.24, 2.45) is 0 Å². The zero-order chi connectivity index (χ0) is 25.0. The largest absolute Gasteiger partial charge is 0.495 e. The Morgan fingerprint density at radius 3 is 2.40 bits per heavy atom. The standard InChI is InChI=1S/C24H23N3O7S/c1-15(28)25-20-13-17(6-8-21(20)32-2)26-24(29)16-4-3-5-18(12-16)27-35(30,31)19-7-9-22-23(14-19)34-11-10-33-22/h3-9,12-14,27H,10-11H2,1-2H3,(H,25,28)(H,26,29). The van der Waals surface area contributed by atoms with Gasteiger partial charge in [-0.2, -0.15) is 0 Å². The SMILES string of the molecule is COc1ccc(NC(=O)c2cccc(NS(=O)(=O)c3ccc4c(c3)OCCO4)c2)cc1NC(C)=O. The predicted octanol–water partition coefficient (Wildman–Crippen LogP) is 3.48. The van der Waals surface area contributed by atoms with Crippen LogP contribution in [0.4, 0.5) is 17.1 Å². The van der Waals surface area contributed by atoms with Gasteiger partial charge < -0.3 is 24.8 Å². The van der Waals surface area contributed by atoms with Crippen molar-refractivity contribution in [3.63, 3.8) is 0 Å². The van der Waals surface area contributed by atoms with E-state index in [-0.39, 0.29) is 22.1 Å². The maximum Gasteiger partial charge on any atom is 0.262 e. The summed E-state index contributed by atoms with van der Waals surface area (Å²) in [6.45, 7) is 2.10. The third-order valence-corrected chi connectivity index (χ3v) is 6.35. The van der Waals surface area contributed by atoms with Crippen molar-refractivity contribution in [1.29, 1.82) is 0 Å². The summed E-state index contributed by atoms with van der Waals surface area (Å²) in [4.78, 5) is 24.3. The van der Waals surface area contributed by atoms with E-state index >= 15 is 0 Å². The molecule has 0 aliphatic carbocycles. The number of rotatable bonds is 7. The summed E-state index contributed by atoms with van der Waals surface area (Å²) in [5, 5.41) is 5.36. The first-order valence-electron chi connectivity index (χ1n) is 10.5. The normalized spacial score (nSPS) is 12.4. The van der Waals surface area contributed by atoms with Crippen LogP contribution in [-0.4, -0.2) is 40.6 Å². The van der Waals surface area contributed by atoms with Crippen LogP contribution in [0.3, 0.4) is 0 Å². The number of benzene rings is 3. The van der Waals surface area contributed by atoms with Crippen LogP contribution in [0.25, 0.3) is 0 Å². The van der Waals surface area contributed by atoms with Gasteiger partial charge in [0.05, 0.1) is 17.7 Å². The molecule has 4 rings (SSSR count). The number of carbonyl (C=O) groups is 2. The highest BCUT2D eigenvalue weighted by Crippen LogP contribution is 2.33. The van der Waals surface area contributed by atoms with Crippen LogP contribution in [0.5, 0.6) is 17.2 Å². The minimum absolute atomic E-state index is 0.000313. The molecule has 1 aliphatic heterocycles. The Balaban J connectivity index is 1.51. The number of nitrogens with one attached hydrogen (secondary N) is 3. The molecule has 10 nitrogen and oxygen atoms in total. The maximum atomic E-state index is 12.9. The molecule has 0 spiro atoms. The molecule has 0 saturated carbocycles. The third-order valence-electron chi connectivity index (χ3n) is 4.97. The van der Waals surface area contributed by atoms with Gasteiger partial charge >= 0.3 is 0 Å². The summed E-state index contributed by atoms with van der Waals surface area (Å²) in [6.07, 6.45) is 0. The van der Waals surface area contributed by atoms with E-state index in [0.29, 0.717) is 41.8 Å². The van der Waals surface area contributed by atoms with Crippen LogP contribution < -0.4 is 29.6 Å². The molecule has 3 aromatic rings. The molecule has 0 bridgehead atoms. The van der Waals surface area contributed by atoms with Gasteiger partial charge in [0, 0.05) is 29.9 Å². The quantitative estimate of drug-likeness (QED) is 0.455. The number of fused-ring (bicyclic) bond motifs is 1. The van der Waals surface area contributed by atoms with E-state index < -0.39 is 15.9 Å². The van der Waals surface area contributed by atoms with Gasteiger partial charge in [-0.3, -0.25) is 14.3 Å². The molecule has 3 N–H and O–H groups in total. The van der Waals surface area contributed by atoms with E-state index in [1.165, 1.54) is 44.4 Å². The second-order valence-corrected chi connectivity index (χ2v) is 9.22. The van der Waals surface area contributed by atoms with Gasteiger partial charge in [-0.05, 0) is 48.5 Å². The Labute approximate surface area is 202 Å². The molecular formula is C24H23N3O7S. The smallest absolute Gasteiger partial charge is 0.262 e. The van der Waals surface area contributed by atoms with Crippen molar-refractivity contribution in [1.82, 2.24) is 0 Å². The number of carbonyl (C=O) groups excluding carboxylic acids is 2. The van der Waals surface area contributed by atoms with Crippen LogP contribution in [0.2, 0.25) is 0 Å². The molecule has 1 aliphatic rings. The first-order chi connectivity index (χ1) is 16.7. The molecule has 0 aromatic heterocycles. The van der Waals surface area contributed by atoms with Crippen molar-refractivity contribution < 1.29 is 32.2 Å². The Hall–Kier alpha value is -4.25. The molecule has 35 heavy (non-hydrogen) atoms. The molecule has 11 heteroatoms. The fourth-order valence-electron chi connectivity index (χ4n) is 3.41. The molecule has 1 heterocycles. The summed E-state index contributed by atoms with van der Waals surface area (Å²) in [6, 6.07) is 15.2. The highest BCUT2D eigenvalue weighted by atomic mass is 32.2. The van der Waals surface area contributed by atoms with Crippen LogP contribution >= 0.6 is 0 Å². The van der Waals surface area contributed by atoms with Crippen molar-refractivity contribution in [3.05, 3.63) is 66.2 Å². The molecule has 0 unspecified atom stereocenters.